The van der Waals surface area contributed by atoms with Crippen LogP contribution in [0, 0.1) is 11.3 Å². The maximum atomic E-state index is 12.2. The van der Waals surface area contributed by atoms with Crippen molar-refractivity contribution in [2.75, 3.05) is 39.6 Å². The minimum atomic E-state index is -1.08. The second-order valence-corrected chi connectivity index (χ2v) is 16.8. The molecular formula is C51H70O8. The van der Waals surface area contributed by atoms with Crippen LogP contribution in [0.4, 0.5) is 0 Å². The smallest absolute Gasteiger partial charge is 0.333 e. The summed E-state index contributed by atoms with van der Waals surface area (Å²) in [6.45, 7) is 14.5. The topological polar surface area (TPSA) is 123 Å². The Balaban J connectivity index is 1.64. The maximum Gasteiger partial charge on any atom is 0.333 e. The molecule has 0 saturated heterocycles. The predicted octanol–water partition coefficient (Wildman–Crippen LogP) is 10.3. The van der Waals surface area contributed by atoms with Gasteiger partial charge < -0.3 is 29.5 Å². The monoisotopic (exact) mass is 811 g/mol. The zero-order chi connectivity index (χ0) is 42.8. The fourth-order valence-corrected chi connectivity index (χ4v) is 8.09. The van der Waals surface area contributed by atoms with E-state index in [0.29, 0.717) is 48.5 Å². The second kappa shape index (κ2) is 24.1. The summed E-state index contributed by atoms with van der Waals surface area (Å²) in [5, 5.41) is 29.9. The molecule has 0 radical (unpaired) electrons. The van der Waals surface area contributed by atoms with Gasteiger partial charge in [0, 0.05) is 16.6 Å². The van der Waals surface area contributed by atoms with Crippen molar-refractivity contribution in [1.29, 1.82) is 0 Å². The standard InChI is InChI=1S/C51H70O8/c1-7-9-10-13-38-16-18-40(19-17-38)41-20-22-42(23-21-41)43-24-25-47(39(8-2)30-43)46-31-44(14-11-27-58-49(55)36(3)4)48(57-29-26-51(33-52,34-53)35-54)45(32-46)15-12-28-59-50(56)37(5)6/h20-25,30-32,38,40,52-54H,3,5,7-19,26-29,33-35H2,1-2,4,6H3. The van der Waals surface area contributed by atoms with Crippen LogP contribution in [0.15, 0.2) is 78.9 Å². The lowest BCUT2D eigenvalue weighted by Gasteiger charge is -2.29. The van der Waals surface area contributed by atoms with Crippen molar-refractivity contribution in [1.82, 2.24) is 0 Å². The van der Waals surface area contributed by atoms with Gasteiger partial charge in [0.25, 0.3) is 0 Å². The number of aryl methyl sites for hydroxylation is 3. The number of carbonyl (C=O) groups excluding carboxylic acids is 2. The number of unbranched alkanes of at least 4 members (excludes halogenated alkanes) is 2. The van der Waals surface area contributed by atoms with Crippen molar-refractivity contribution in [2.45, 2.75) is 124 Å². The summed E-state index contributed by atoms with van der Waals surface area (Å²) in [6, 6.07) is 20.2. The Morgan fingerprint density at radius 1 is 0.678 bits per heavy atom. The van der Waals surface area contributed by atoms with Gasteiger partial charge in [0.2, 0.25) is 0 Å². The number of esters is 2. The average Bonchev–Trinajstić information content (AvgIpc) is 3.25. The van der Waals surface area contributed by atoms with Crippen LogP contribution in [0.2, 0.25) is 0 Å². The number of benzene rings is 3. The maximum absolute atomic E-state index is 12.2. The highest BCUT2D eigenvalue weighted by Crippen LogP contribution is 2.40. The molecule has 1 saturated carbocycles. The van der Waals surface area contributed by atoms with Crippen LogP contribution in [0.25, 0.3) is 22.3 Å². The Bertz CT molecular complexity index is 1750. The molecule has 8 nitrogen and oxygen atoms in total. The van der Waals surface area contributed by atoms with E-state index in [4.69, 9.17) is 14.2 Å². The molecule has 8 heteroatoms. The molecule has 3 N–H and O–H groups in total. The van der Waals surface area contributed by atoms with Crippen LogP contribution >= 0.6 is 0 Å². The third-order valence-electron chi connectivity index (χ3n) is 12.0. The third-order valence-corrected chi connectivity index (χ3v) is 12.0. The Morgan fingerprint density at radius 3 is 1.73 bits per heavy atom. The zero-order valence-corrected chi connectivity index (χ0v) is 36.3. The molecule has 1 fully saturated rings. The van der Waals surface area contributed by atoms with Gasteiger partial charge in [-0.1, -0.05) is 95.2 Å². The van der Waals surface area contributed by atoms with Crippen molar-refractivity contribution < 1.29 is 39.1 Å². The lowest BCUT2D eigenvalue weighted by Crippen LogP contribution is -2.35. The molecule has 0 amide bonds. The van der Waals surface area contributed by atoms with Gasteiger partial charge in [-0.25, -0.2) is 9.59 Å². The summed E-state index contributed by atoms with van der Waals surface area (Å²) in [5.41, 5.74) is 8.61. The van der Waals surface area contributed by atoms with Gasteiger partial charge in [0.05, 0.1) is 39.6 Å². The van der Waals surface area contributed by atoms with Gasteiger partial charge in [-0.2, -0.15) is 0 Å². The molecule has 0 atom stereocenters. The first kappa shape index (κ1) is 47.4. The minimum Gasteiger partial charge on any atom is -0.493 e. The predicted molar refractivity (Wildman–Crippen MR) is 238 cm³/mol. The van der Waals surface area contributed by atoms with E-state index in [1.165, 1.54) is 73.6 Å². The molecule has 0 unspecified atom stereocenters. The first-order valence-corrected chi connectivity index (χ1v) is 22.0. The van der Waals surface area contributed by atoms with E-state index in [0.717, 1.165) is 34.6 Å². The molecule has 59 heavy (non-hydrogen) atoms. The van der Waals surface area contributed by atoms with Crippen LogP contribution in [0.5, 0.6) is 5.75 Å². The highest BCUT2D eigenvalue weighted by Gasteiger charge is 2.29. The quantitative estimate of drug-likeness (QED) is 0.0439. The lowest BCUT2D eigenvalue weighted by atomic mass is 9.77. The van der Waals surface area contributed by atoms with Crippen molar-refractivity contribution in [3.63, 3.8) is 0 Å². The van der Waals surface area contributed by atoms with Crippen LogP contribution in [-0.4, -0.2) is 66.9 Å². The summed E-state index contributed by atoms with van der Waals surface area (Å²) >= 11 is 0. The Morgan fingerprint density at radius 2 is 1.22 bits per heavy atom. The van der Waals surface area contributed by atoms with Gasteiger partial charge in [-0.05, 0) is 147 Å². The minimum absolute atomic E-state index is 0.143. The molecule has 3 aromatic rings. The molecule has 0 heterocycles. The molecule has 1 aliphatic rings. The first-order valence-electron chi connectivity index (χ1n) is 22.0. The van der Waals surface area contributed by atoms with E-state index in [1.807, 2.05) is 0 Å². The second-order valence-electron chi connectivity index (χ2n) is 16.8. The fraction of sp³-hybridized carbons (Fsp3) is 0.529. The van der Waals surface area contributed by atoms with Gasteiger partial charge in [-0.15, -0.1) is 0 Å². The summed E-state index contributed by atoms with van der Waals surface area (Å²) < 4.78 is 17.4. The number of ether oxygens (including phenoxy) is 3. The van der Waals surface area contributed by atoms with Crippen molar-refractivity contribution in [3.8, 4) is 28.0 Å². The molecular weight excluding hydrogens is 741 g/mol. The molecule has 0 aromatic heterocycles. The highest BCUT2D eigenvalue weighted by molar-refractivity contribution is 5.87. The SMILES string of the molecule is C=C(C)C(=O)OCCCc1cc(-c2ccc(-c3ccc(C4CCC(CCCCC)CC4)cc3)cc2CC)cc(CCCOC(=O)C(=C)C)c1OCCC(CO)(CO)CO. The Kier molecular flexibility index (Phi) is 19.4. The number of aliphatic hydroxyl groups excluding tert-OH is 3. The lowest BCUT2D eigenvalue weighted by molar-refractivity contribution is -0.139. The summed E-state index contributed by atoms with van der Waals surface area (Å²) in [7, 11) is 0. The van der Waals surface area contributed by atoms with E-state index >= 15 is 0 Å². The van der Waals surface area contributed by atoms with E-state index in [2.05, 4.69) is 81.6 Å². The van der Waals surface area contributed by atoms with E-state index in [9.17, 15) is 24.9 Å². The Labute approximate surface area is 353 Å². The molecule has 4 rings (SSSR count). The number of hydrogen-bond acceptors (Lipinski definition) is 8. The van der Waals surface area contributed by atoms with Crippen LogP contribution in [0.3, 0.4) is 0 Å². The molecule has 322 valence electrons. The molecule has 0 aliphatic heterocycles. The number of carbonyl (C=O) groups is 2. The summed E-state index contributed by atoms with van der Waals surface area (Å²) in [6.07, 6.45) is 13.9. The molecule has 0 spiro atoms. The van der Waals surface area contributed by atoms with Crippen LogP contribution < -0.4 is 4.74 Å². The van der Waals surface area contributed by atoms with Crippen molar-refractivity contribution in [2.24, 2.45) is 11.3 Å². The zero-order valence-electron chi connectivity index (χ0n) is 36.3. The van der Waals surface area contributed by atoms with Gasteiger partial charge in [-0.3, -0.25) is 0 Å². The number of rotatable bonds is 25. The average molecular weight is 811 g/mol. The van der Waals surface area contributed by atoms with E-state index < -0.39 is 17.4 Å². The van der Waals surface area contributed by atoms with Gasteiger partial charge in [0.1, 0.15) is 5.75 Å². The Hall–Kier alpha value is -4.24. The molecule has 1 aliphatic carbocycles. The van der Waals surface area contributed by atoms with E-state index in [1.54, 1.807) is 13.8 Å². The summed E-state index contributed by atoms with van der Waals surface area (Å²) in [4.78, 5) is 24.3. The van der Waals surface area contributed by atoms with Crippen molar-refractivity contribution in [3.05, 3.63) is 101 Å². The molecule has 0 bridgehead atoms. The fourth-order valence-electron chi connectivity index (χ4n) is 8.09. The largest absolute Gasteiger partial charge is 0.493 e. The van der Waals surface area contributed by atoms with Crippen LogP contribution in [0.1, 0.15) is 126 Å². The summed E-state index contributed by atoms with van der Waals surface area (Å²) in [5.74, 6) is 1.34. The highest BCUT2D eigenvalue weighted by atomic mass is 16.5. The first-order chi connectivity index (χ1) is 28.5. The van der Waals surface area contributed by atoms with Crippen molar-refractivity contribution >= 4 is 11.9 Å². The molecule has 3 aromatic carbocycles. The van der Waals surface area contributed by atoms with Crippen LogP contribution in [-0.2, 0) is 38.3 Å². The third kappa shape index (κ3) is 13.9. The number of aliphatic hydroxyl groups is 3. The number of hydrogen-bond donors (Lipinski definition) is 3. The normalized spacial score (nSPS) is 15.4. The van der Waals surface area contributed by atoms with Gasteiger partial charge >= 0.3 is 11.9 Å². The van der Waals surface area contributed by atoms with E-state index in [-0.39, 0.29) is 46.1 Å². The van der Waals surface area contributed by atoms with Gasteiger partial charge in [0.15, 0.2) is 0 Å².